The molecule has 1 aliphatic rings. The Balaban J connectivity index is 1.97. The third kappa shape index (κ3) is 6.10. The van der Waals surface area contributed by atoms with Gasteiger partial charge in [-0.3, -0.25) is 9.59 Å². The molecule has 2 amide bonds. The smallest absolute Gasteiger partial charge is 0.317 e. The zero-order chi connectivity index (χ0) is 18.2. The lowest BCUT2D eigenvalue weighted by atomic mass is 9.98. The van der Waals surface area contributed by atoms with E-state index in [2.05, 4.69) is 5.32 Å². The molecule has 0 radical (unpaired) electrons. The number of carbonyl (C=O) groups is 3. The van der Waals surface area contributed by atoms with Gasteiger partial charge in [0.05, 0.1) is 5.92 Å². The predicted molar refractivity (Wildman–Crippen MR) is 91.3 cm³/mol. The molecular weight excluding hydrogens is 324 g/mol. The van der Waals surface area contributed by atoms with Gasteiger partial charge in [-0.05, 0) is 31.2 Å². The summed E-state index contributed by atoms with van der Waals surface area (Å²) in [6.07, 6.45) is 2.06. The first-order valence-electron chi connectivity index (χ1n) is 8.49. The number of benzene rings is 1. The molecule has 7 nitrogen and oxygen atoms in total. The van der Waals surface area contributed by atoms with Crippen LogP contribution in [0.2, 0.25) is 0 Å². The van der Waals surface area contributed by atoms with Gasteiger partial charge >= 0.3 is 18.0 Å². The third-order valence-electron chi connectivity index (χ3n) is 4.42. The zero-order valence-electron chi connectivity index (χ0n) is 14.1. The second-order valence-corrected chi connectivity index (χ2v) is 6.39. The van der Waals surface area contributed by atoms with Gasteiger partial charge in [0.2, 0.25) is 0 Å². The topological polar surface area (TPSA) is 107 Å². The number of rotatable bonds is 7. The number of hydrogen-bond donors (Lipinski definition) is 3. The summed E-state index contributed by atoms with van der Waals surface area (Å²) >= 11 is 0. The van der Waals surface area contributed by atoms with Crippen LogP contribution in [0, 0.1) is 5.92 Å². The Morgan fingerprint density at radius 2 is 1.92 bits per heavy atom. The van der Waals surface area contributed by atoms with Gasteiger partial charge < -0.3 is 20.4 Å². The Kier molecular flexibility index (Phi) is 6.80. The highest BCUT2D eigenvalue weighted by Crippen LogP contribution is 2.17. The summed E-state index contributed by atoms with van der Waals surface area (Å²) in [6, 6.07) is 8.92. The van der Waals surface area contributed by atoms with Crippen LogP contribution in [-0.4, -0.2) is 52.2 Å². The zero-order valence-corrected chi connectivity index (χ0v) is 14.1. The maximum absolute atomic E-state index is 12.5. The van der Waals surface area contributed by atoms with Crippen molar-refractivity contribution in [2.45, 2.75) is 38.1 Å². The molecule has 1 aromatic rings. The third-order valence-corrected chi connectivity index (χ3v) is 4.42. The molecule has 0 bridgehead atoms. The average molecular weight is 348 g/mol. The number of carboxylic acids is 2. The summed E-state index contributed by atoms with van der Waals surface area (Å²) < 4.78 is 0. The lowest BCUT2D eigenvalue weighted by Crippen LogP contribution is -2.50. The van der Waals surface area contributed by atoms with E-state index in [0.29, 0.717) is 32.2 Å². The quantitative estimate of drug-likeness (QED) is 0.698. The molecule has 1 aliphatic heterocycles. The Morgan fingerprint density at radius 3 is 2.56 bits per heavy atom. The van der Waals surface area contributed by atoms with E-state index in [1.165, 1.54) is 4.90 Å². The molecule has 136 valence electrons. The van der Waals surface area contributed by atoms with Gasteiger partial charge in [-0.2, -0.15) is 0 Å². The fraction of sp³-hybridized carbons (Fsp3) is 0.500. The van der Waals surface area contributed by atoms with Crippen molar-refractivity contribution < 1.29 is 24.6 Å². The maximum atomic E-state index is 12.5. The molecule has 3 N–H and O–H groups in total. The van der Waals surface area contributed by atoms with Crippen LogP contribution in [0.3, 0.4) is 0 Å². The van der Waals surface area contributed by atoms with Crippen LogP contribution >= 0.6 is 0 Å². The Hall–Kier alpha value is -2.57. The molecule has 1 aromatic carbocycles. The SMILES string of the molecule is O=C(O)CCC(Cc1ccccc1)NC(=O)N1CCCC(C(=O)O)C1. The molecule has 1 saturated heterocycles. The van der Waals surface area contributed by atoms with Crippen LogP contribution < -0.4 is 5.32 Å². The summed E-state index contributed by atoms with van der Waals surface area (Å²) in [6.45, 7) is 0.713. The number of amides is 2. The van der Waals surface area contributed by atoms with Gasteiger partial charge in [0.15, 0.2) is 0 Å². The predicted octanol–water partition coefficient (Wildman–Crippen LogP) is 1.97. The van der Waals surface area contributed by atoms with Crippen molar-refractivity contribution in [3.05, 3.63) is 35.9 Å². The van der Waals surface area contributed by atoms with Gasteiger partial charge in [0.25, 0.3) is 0 Å². The lowest BCUT2D eigenvalue weighted by molar-refractivity contribution is -0.143. The van der Waals surface area contributed by atoms with E-state index in [4.69, 9.17) is 10.2 Å². The number of urea groups is 1. The van der Waals surface area contributed by atoms with E-state index < -0.39 is 17.9 Å². The molecule has 0 aromatic heterocycles. The van der Waals surface area contributed by atoms with Gasteiger partial charge in [-0.1, -0.05) is 30.3 Å². The van der Waals surface area contributed by atoms with E-state index in [1.54, 1.807) is 0 Å². The van der Waals surface area contributed by atoms with E-state index >= 15 is 0 Å². The van der Waals surface area contributed by atoms with Crippen molar-refractivity contribution in [1.82, 2.24) is 10.2 Å². The number of carboxylic acid groups (broad SMARTS) is 2. The van der Waals surface area contributed by atoms with Crippen LogP contribution in [0.5, 0.6) is 0 Å². The Bertz CT molecular complexity index is 605. The van der Waals surface area contributed by atoms with E-state index in [1.807, 2.05) is 30.3 Å². The molecule has 0 aliphatic carbocycles. The first kappa shape index (κ1) is 18.8. The molecule has 1 fully saturated rings. The number of carbonyl (C=O) groups excluding carboxylic acids is 1. The largest absolute Gasteiger partial charge is 0.481 e. The van der Waals surface area contributed by atoms with E-state index in [9.17, 15) is 14.4 Å². The molecule has 2 rings (SSSR count). The molecule has 0 spiro atoms. The summed E-state index contributed by atoms with van der Waals surface area (Å²) in [5.74, 6) is -2.33. The molecule has 2 unspecified atom stereocenters. The van der Waals surface area contributed by atoms with Crippen molar-refractivity contribution in [1.29, 1.82) is 0 Å². The molecule has 2 atom stereocenters. The standard InChI is InChI=1S/C18H24N2O5/c21-16(22)9-8-15(11-13-5-2-1-3-6-13)19-18(25)20-10-4-7-14(12-20)17(23)24/h1-3,5-6,14-15H,4,7-12H2,(H,19,25)(H,21,22)(H,23,24). The minimum Gasteiger partial charge on any atom is -0.481 e. The summed E-state index contributed by atoms with van der Waals surface area (Å²) in [5.41, 5.74) is 1.01. The number of nitrogens with one attached hydrogen (secondary N) is 1. The first-order chi connectivity index (χ1) is 12.0. The van der Waals surface area contributed by atoms with Gasteiger partial charge in [0, 0.05) is 25.6 Å². The molecule has 0 saturated carbocycles. The van der Waals surface area contributed by atoms with Crippen molar-refractivity contribution in [3.8, 4) is 0 Å². The first-order valence-corrected chi connectivity index (χ1v) is 8.49. The van der Waals surface area contributed by atoms with Crippen LogP contribution in [0.15, 0.2) is 30.3 Å². The van der Waals surface area contributed by atoms with E-state index in [0.717, 1.165) is 5.56 Å². The number of piperidine rings is 1. The number of nitrogens with zero attached hydrogens (tertiary/aromatic N) is 1. The molecular formula is C18H24N2O5. The number of aliphatic carboxylic acids is 2. The summed E-state index contributed by atoms with van der Waals surface area (Å²) in [7, 11) is 0. The number of likely N-dealkylation sites (tertiary alicyclic amines) is 1. The summed E-state index contributed by atoms with van der Waals surface area (Å²) in [5, 5.41) is 20.9. The van der Waals surface area contributed by atoms with Crippen molar-refractivity contribution in [2.24, 2.45) is 5.92 Å². The highest BCUT2D eigenvalue weighted by Gasteiger charge is 2.29. The fourth-order valence-electron chi connectivity index (χ4n) is 3.05. The molecule has 25 heavy (non-hydrogen) atoms. The highest BCUT2D eigenvalue weighted by atomic mass is 16.4. The van der Waals surface area contributed by atoms with Crippen LogP contribution in [-0.2, 0) is 16.0 Å². The van der Waals surface area contributed by atoms with Crippen molar-refractivity contribution >= 4 is 18.0 Å². The van der Waals surface area contributed by atoms with E-state index in [-0.39, 0.29) is 25.0 Å². The Labute approximate surface area is 146 Å². The second-order valence-electron chi connectivity index (χ2n) is 6.39. The summed E-state index contributed by atoms with van der Waals surface area (Å²) in [4.78, 5) is 36.0. The monoisotopic (exact) mass is 348 g/mol. The van der Waals surface area contributed by atoms with Gasteiger partial charge in [0.1, 0.15) is 0 Å². The van der Waals surface area contributed by atoms with Crippen molar-refractivity contribution in [2.75, 3.05) is 13.1 Å². The maximum Gasteiger partial charge on any atom is 0.317 e. The van der Waals surface area contributed by atoms with Crippen molar-refractivity contribution in [3.63, 3.8) is 0 Å². The van der Waals surface area contributed by atoms with Crippen LogP contribution in [0.25, 0.3) is 0 Å². The number of hydrogen-bond acceptors (Lipinski definition) is 3. The van der Waals surface area contributed by atoms with Gasteiger partial charge in [-0.25, -0.2) is 4.79 Å². The van der Waals surface area contributed by atoms with Gasteiger partial charge in [-0.15, -0.1) is 0 Å². The van der Waals surface area contributed by atoms with Crippen LogP contribution in [0.4, 0.5) is 4.79 Å². The molecule has 1 heterocycles. The highest BCUT2D eigenvalue weighted by molar-refractivity contribution is 5.77. The Morgan fingerprint density at radius 1 is 1.20 bits per heavy atom. The normalized spacial score (nSPS) is 18.4. The van der Waals surface area contributed by atoms with Crippen LogP contribution in [0.1, 0.15) is 31.2 Å². The fourth-order valence-corrected chi connectivity index (χ4v) is 3.05. The second kappa shape index (κ2) is 9.05. The minimum atomic E-state index is -0.906. The lowest BCUT2D eigenvalue weighted by Gasteiger charge is -2.32. The average Bonchev–Trinajstić information content (AvgIpc) is 2.60. The minimum absolute atomic E-state index is 0.0322. The molecule has 7 heteroatoms.